The highest BCUT2D eigenvalue weighted by Gasteiger charge is 2.27. The third-order valence-corrected chi connectivity index (χ3v) is 6.15. The van der Waals surface area contributed by atoms with Gasteiger partial charge in [0.25, 0.3) is 5.91 Å². The van der Waals surface area contributed by atoms with Gasteiger partial charge in [-0.3, -0.25) is 9.69 Å². The summed E-state index contributed by atoms with van der Waals surface area (Å²) in [4.78, 5) is 15.2. The molecule has 2 aromatic heterocycles. The number of rotatable bonds is 9. The van der Waals surface area contributed by atoms with Crippen molar-refractivity contribution in [1.29, 1.82) is 0 Å². The smallest absolute Gasteiger partial charge is 0.293 e. The Morgan fingerprint density at radius 1 is 1.28 bits per heavy atom. The van der Waals surface area contributed by atoms with Crippen LogP contribution in [0.25, 0.3) is 5.82 Å². The van der Waals surface area contributed by atoms with Crippen molar-refractivity contribution in [2.45, 2.75) is 44.7 Å². The second kappa shape index (κ2) is 11.0. The molecule has 36 heavy (non-hydrogen) atoms. The molecule has 0 bridgehead atoms. The number of hydrogen-bond donors (Lipinski definition) is 3. The van der Waals surface area contributed by atoms with Gasteiger partial charge in [0.05, 0.1) is 26.1 Å². The Kier molecular flexibility index (Phi) is 7.63. The van der Waals surface area contributed by atoms with E-state index in [1.54, 1.807) is 12.1 Å². The van der Waals surface area contributed by atoms with E-state index in [0.29, 0.717) is 23.8 Å². The van der Waals surface area contributed by atoms with Crippen molar-refractivity contribution in [3.8, 4) is 23.1 Å². The average Bonchev–Trinajstić information content (AvgIpc) is 3.50. The molecule has 0 spiro atoms. The minimum absolute atomic E-state index is 0.0293. The van der Waals surface area contributed by atoms with Crippen molar-refractivity contribution in [2.24, 2.45) is 5.10 Å². The van der Waals surface area contributed by atoms with Crippen LogP contribution in [0.1, 0.15) is 53.8 Å². The van der Waals surface area contributed by atoms with Crippen LogP contribution in [0.5, 0.6) is 17.2 Å². The number of benzene rings is 1. The number of carbonyl (C=O) groups is 1. The van der Waals surface area contributed by atoms with Gasteiger partial charge in [0.1, 0.15) is 0 Å². The van der Waals surface area contributed by atoms with Crippen LogP contribution in [0.2, 0.25) is 0 Å². The summed E-state index contributed by atoms with van der Waals surface area (Å²) in [5.41, 5.74) is 9.41. The number of methoxy groups -OCH3 is 2. The molecule has 1 aliphatic rings. The fourth-order valence-electron chi connectivity index (χ4n) is 4.22. The Morgan fingerprint density at radius 2 is 1.97 bits per heavy atom. The molecular weight excluding hydrogens is 470 g/mol. The molecule has 3 aromatic rings. The molecule has 14 nitrogen and oxygen atoms in total. The van der Waals surface area contributed by atoms with Crippen LogP contribution in [0, 0.1) is 0 Å². The number of nitrogen functional groups attached to an aromatic ring is 1. The quantitative estimate of drug-likeness (QED) is 0.287. The number of anilines is 1. The van der Waals surface area contributed by atoms with Crippen molar-refractivity contribution in [1.82, 2.24) is 35.6 Å². The van der Waals surface area contributed by atoms with E-state index in [0.717, 1.165) is 12.8 Å². The van der Waals surface area contributed by atoms with Gasteiger partial charge >= 0.3 is 0 Å². The number of carbonyl (C=O) groups excluding carboxylic acids is 1. The molecule has 0 saturated heterocycles. The summed E-state index contributed by atoms with van der Waals surface area (Å²) < 4.78 is 16.4. The van der Waals surface area contributed by atoms with Crippen LogP contribution >= 0.6 is 0 Å². The largest absolute Gasteiger partial charge is 0.502 e. The minimum atomic E-state index is -0.572. The van der Waals surface area contributed by atoms with Gasteiger partial charge in [0.2, 0.25) is 17.4 Å². The first-order valence-electron chi connectivity index (χ1n) is 11.4. The molecule has 1 aromatic carbocycles. The zero-order chi connectivity index (χ0) is 25.7. The predicted molar refractivity (Wildman–Crippen MR) is 128 cm³/mol. The zero-order valence-corrected chi connectivity index (χ0v) is 20.3. The van der Waals surface area contributed by atoms with E-state index in [9.17, 15) is 9.90 Å². The molecule has 1 saturated carbocycles. The standard InChI is InChI=1S/C22H29N9O5/c1-30(14-7-5-4-6-8-14)12-15-18(25-29-31(15)21-20(23)27-36-28-21)22(33)26-24-11-13-9-16(34-2)19(32)17(10-13)35-3/h9-11,14,32H,4-8,12H2,1-3H3,(H2,23,27)(H,26,33)/b24-11+. The van der Waals surface area contributed by atoms with Gasteiger partial charge in [-0.15, -0.1) is 5.10 Å². The lowest BCUT2D eigenvalue weighted by Crippen LogP contribution is -2.34. The van der Waals surface area contributed by atoms with Gasteiger partial charge in [-0.2, -0.15) is 9.78 Å². The Labute approximate surface area is 207 Å². The maximum Gasteiger partial charge on any atom is 0.293 e. The number of aromatic nitrogens is 5. The first-order chi connectivity index (χ1) is 17.4. The molecular formula is C22H29N9O5. The summed E-state index contributed by atoms with van der Waals surface area (Å²) >= 11 is 0. The van der Waals surface area contributed by atoms with Gasteiger partial charge < -0.3 is 20.3 Å². The Hall–Kier alpha value is -4.20. The van der Waals surface area contributed by atoms with Crippen LogP contribution in [-0.4, -0.2) is 74.7 Å². The van der Waals surface area contributed by atoms with Gasteiger partial charge in [0.15, 0.2) is 17.2 Å². The van der Waals surface area contributed by atoms with Crippen LogP contribution in [0.15, 0.2) is 21.9 Å². The summed E-state index contributed by atoms with van der Waals surface area (Å²) in [6.07, 6.45) is 7.12. The fraction of sp³-hybridized carbons (Fsp3) is 0.455. The summed E-state index contributed by atoms with van der Waals surface area (Å²) in [6, 6.07) is 3.48. The molecule has 0 radical (unpaired) electrons. The van der Waals surface area contributed by atoms with E-state index in [4.69, 9.17) is 19.8 Å². The normalized spacial score (nSPS) is 14.4. The molecule has 0 aliphatic heterocycles. The van der Waals surface area contributed by atoms with Crippen LogP contribution in [0.4, 0.5) is 5.82 Å². The molecule has 1 fully saturated rings. The number of ether oxygens (including phenoxy) is 2. The first kappa shape index (κ1) is 24.9. The monoisotopic (exact) mass is 499 g/mol. The van der Waals surface area contributed by atoms with Crippen molar-refractivity contribution in [3.05, 3.63) is 29.1 Å². The number of phenols is 1. The number of nitrogens with one attached hydrogen (secondary N) is 1. The minimum Gasteiger partial charge on any atom is -0.502 e. The summed E-state index contributed by atoms with van der Waals surface area (Å²) in [5, 5.41) is 29.6. The Morgan fingerprint density at radius 3 is 2.58 bits per heavy atom. The van der Waals surface area contributed by atoms with E-state index >= 15 is 0 Å². The SMILES string of the molecule is COc1cc(/C=N/NC(=O)c2nnn(-c3nonc3N)c2CN(C)C2CCCCC2)cc(OC)c1O. The number of hydrogen-bond acceptors (Lipinski definition) is 12. The number of aromatic hydroxyl groups is 1. The number of phenolic OH excluding ortho intramolecular Hbond substituents is 1. The van der Waals surface area contributed by atoms with Gasteiger partial charge in [-0.25, -0.2) is 10.1 Å². The molecule has 1 aliphatic carbocycles. The van der Waals surface area contributed by atoms with Gasteiger partial charge in [-0.1, -0.05) is 24.5 Å². The molecule has 192 valence electrons. The van der Waals surface area contributed by atoms with Crippen LogP contribution in [-0.2, 0) is 6.54 Å². The van der Waals surface area contributed by atoms with Crippen molar-refractivity contribution in [2.75, 3.05) is 27.0 Å². The highest BCUT2D eigenvalue weighted by atomic mass is 16.6. The highest BCUT2D eigenvalue weighted by molar-refractivity contribution is 5.94. The lowest BCUT2D eigenvalue weighted by molar-refractivity contribution is 0.0947. The lowest BCUT2D eigenvalue weighted by atomic mass is 9.94. The van der Waals surface area contributed by atoms with E-state index in [1.807, 2.05) is 7.05 Å². The summed E-state index contributed by atoms with van der Waals surface area (Å²) in [7, 11) is 4.84. The third-order valence-electron chi connectivity index (χ3n) is 6.15. The maximum atomic E-state index is 13.0. The van der Waals surface area contributed by atoms with Crippen LogP contribution in [0.3, 0.4) is 0 Å². The maximum absolute atomic E-state index is 13.0. The fourth-order valence-corrected chi connectivity index (χ4v) is 4.22. The number of amides is 1. The molecule has 4 N–H and O–H groups in total. The first-order valence-corrected chi connectivity index (χ1v) is 11.4. The molecule has 1 amide bonds. The molecule has 4 rings (SSSR count). The average molecular weight is 500 g/mol. The van der Waals surface area contributed by atoms with Crippen molar-refractivity contribution >= 4 is 17.9 Å². The number of hydrazone groups is 1. The third kappa shape index (κ3) is 5.22. The number of nitrogens with zero attached hydrogens (tertiary/aromatic N) is 7. The highest BCUT2D eigenvalue weighted by Crippen LogP contribution is 2.36. The second-order valence-electron chi connectivity index (χ2n) is 8.45. The van der Waals surface area contributed by atoms with Crippen LogP contribution < -0.4 is 20.6 Å². The zero-order valence-electron chi connectivity index (χ0n) is 20.3. The molecule has 0 unspecified atom stereocenters. The van der Waals surface area contributed by atoms with Gasteiger partial charge in [0, 0.05) is 18.2 Å². The van der Waals surface area contributed by atoms with Crippen molar-refractivity contribution < 1.29 is 24.0 Å². The summed E-state index contributed by atoms with van der Waals surface area (Å²) in [5.74, 6) is -0.112. The van der Waals surface area contributed by atoms with E-state index < -0.39 is 5.91 Å². The van der Waals surface area contributed by atoms with Crippen molar-refractivity contribution in [3.63, 3.8) is 0 Å². The lowest BCUT2D eigenvalue weighted by Gasteiger charge is -2.31. The summed E-state index contributed by atoms with van der Waals surface area (Å²) in [6.45, 7) is 0.378. The molecule has 2 heterocycles. The number of nitrogens with two attached hydrogens (primary N) is 1. The topological polar surface area (TPSA) is 179 Å². The van der Waals surface area contributed by atoms with E-state index in [-0.39, 0.29) is 34.6 Å². The Bertz CT molecular complexity index is 1210. The molecule has 0 atom stereocenters. The Balaban J connectivity index is 1.57. The van der Waals surface area contributed by atoms with E-state index in [2.05, 4.69) is 36.1 Å². The van der Waals surface area contributed by atoms with Gasteiger partial charge in [-0.05, 0) is 42.3 Å². The predicted octanol–water partition coefficient (Wildman–Crippen LogP) is 1.48. The molecule has 14 heteroatoms. The second-order valence-corrected chi connectivity index (χ2v) is 8.45. The van der Waals surface area contributed by atoms with E-state index in [1.165, 1.54) is 44.4 Å².